The van der Waals surface area contributed by atoms with Gasteiger partial charge in [0.25, 0.3) is 0 Å². The number of ether oxygens (including phenoxy) is 1. The van der Waals surface area contributed by atoms with Crippen LogP contribution in [-0.2, 0) is 7.05 Å². The average molecular weight is 234 g/mol. The van der Waals surface area contributed by atoms with Crippen LogP contribution >= 0.6 is 0 Å². The Labute approximate surface area is 98.6 Å². The monoisotopic (exact) mass is 234 g/mol. The van der Waals surface area contributed by atoms with Crippen LogP contribution in [0.4, 0.5) is 0 Å². The fourth-order valence-electron chi connectivity index (χ4n) is 1.80. The van der Waals surface area contributed by atoms with E-state index in [-0.39, 0.29) is 11.7 Å². The lowest BCUT2D eigenvalue weighted by atomic mass is 10.2. The summed E-state index contributed by atoms with van der Waals surface area (Å²) < 4.78 is 7.37. The van der Waals surface area contributed by atoms with Gasteiger partial charge in [-0.25, -0.2) is 4.79 Å². The zero-order chi connectivity index (χ0) is 12.6. The lowest BCUT2D eigenvalue weighted by Crippen LogP contribution is -2.06. The van der Waals surface area contributed by atoms with Crippen molar-refractivity contribution in [1.82, 2.24) is 9.55 Å². The molecule has 0 spiro atoms. The topological polar surface area (TPSA) is 64.3 Å². The average Bonchev–Trinajstić information content (AvgIpc) is 2.56. The van der Waals surface area contributed by atoms with Crippen LogP contribution in [0.5, 0.6) is 5.75 Å². The predicted molar refractivity (Wildman–Crippen MR) is 63.4 cm³/mol. The highest BCUT2D eigenvalue weighted by Crippen LogP contribution is 2.28. The molecule has 2 rings (SSSR count). The van der Waals surface area contributed by atoms with Gasteiger partial charge in [-0.3, -0.25) is 4.98 Å². The number of hydrogen-bond acceptors (Lipinski definition) is 3. The van der Waals surface area contributed by atoms with Gasteiger partial charge >= 0.3 is 5.97 Å². The molecule has 5 nitrogen and oxygen atoms in total. The van der Waals surface area contributed by atoms with Crippen LogP contribution in [0.15, 0.2) is 18.5 Å². The number of fused-ring (bicyclic) bond motifs is 1. The van der Waals surface area contributed by atoms with Crippen molar-refractivity contribution in [3.05, 3.63) is 24.0 Å². The van der Waals surface area contributed by atoms with Gasteiger partial charge in [0.05, 0.1) is 6.10 Å². The molecule has 0 saturated heterocycles. The number of rotatable bonds is 3. The first-order valence-corrected chi connectivity index (χ1v) is 5.34. The Morgan fingerprint density at radius 1 is 1.53 bits per heavy atom. The SMILES string of the molecule is CC(C)Oc1ccnc2c(C(=O)O)cn(C)c12. The molecule has 5 heteroatoms. The quantitative estimate of drug-likeness (QED) is 0.882. The van der Waals surface area contributed by atoms with Crippen molar-refractivity contribution >= 4 is 17.0 Å². The Bertz CT molecular complexity index is 572. The largest absolute Gasteiger partial charge is 0.489 e. The second-order valence-electron chi connectivity index (χ2n) is 4.13. The van der Waals surface area contributed by atoms with E-state index < -0.39 is 5.97 Å². The molecule has 2 aromatic heterocycles. The molecule has 90 valence electrons. The van der Waals surface area contributed by atoms with Crippen LogP contribution in [0.1, 0.15) is 24.2 Å². The molecule has 0 aliphatic heterocycles. The predicted octanol–water partition coefficient (Wildman–Crippen LogP) is 2.06. The van der Waals surface area contributed by atoms with E-state index in [1.54, 1.807) is 30.1 Å². The second kappa shape index (κ2) is 4.08. The van der Waals surface area contributed by atoms with E-state index in [1.807, 2.05) is 13.8 Å². The highest BCUT2D eigenvalue weighted by Gasteiger charge is 2.17. The molecule has 2 aromatic rings. The molecular formula is C12H14N2O3. The Morgan fingerprint density at radius 2 is 2.24 bits per heavy atom. The van der Waals surface area contributed by atoms with Crippen LogP contribution in [0, 0.1) is 0 Å². The van der Waals surface area contributed by atoms with Crippen LogP contribution in [0.3, 0.4) is 0 Å². The van der Waals surface area contributed by atoms with Crippen molar-refractivity contribution in [1.29, 1.82) is 0 Å². The van der Waals surface area contributed by atoms with Gasteiger partial charge in [-0.1, -0.05) is 0 Å². The van der Waals surface area contributed by atoms with E-state index in [4.69, 9.17) is 9.84 Å². The summed E-state index contributed by atoms with van der Waals surface area (Å²) in [6, 6.07) is 1.74. The van der Waals surface area contributed by atoms with E-state index >= 15 is 0 Å². The van der Waals surface area contributed by atoms with E-state index in [0.717, 1.165) is 0 Å². The molecule has 0 aromatic carbocycles. The summed E-state index contributed by atoms with van der Waals surface area (Å²) in [5, 5.41) is 9.07. The summed E-state index contributed by atoms with van der Waals surface area (Å²) >= 11 is 0. The number of pyridine rings is 1. The van der Waals surface area contributed by atoms with E-state index in [1.165, 1.54) is 0 Å². The fraction of sp³-hybridized carbons (Fsp3) is 0.333. The molecule has 0 amide bonds. The van der Waals surface area contributed by atoms with E-state index in [9.17, 15) is 4.79 Å². The van der Waals surface area contributed by atoms with Gasteiger partial charge in [0.2, 0.25) is 0 Å². The Hall–Kier alpha value is -2.04. The number of carboxylic acid groups (broad SMARTS) is 1. The van der Waals surface area contributed by atoms with Crippen LogP contribution < -0.4 is 4.74 Å². The summed E-state index contributed by atoms with van der Waals surface area (Å²) in [5.74, 6) is -0.329. The lowest BCUT2D eigenvalue weighted by molar-refractivity contribution is 0.0698. The van der Waals surface area contributed by atoms with Crippen molar-refractivity contribution in [2.45, 2.75) is 20.0 Å². The van der Waals surface area contributed by atoms with Crippen molar-refractivity contribution < 1.29 is 14.6 Å². The molecule has 0 fully saturated rings. The highest BCUT2D eigenvalue weighted by atomic mass is 16.5. The summed E-state index contributed by atoms with van der Waals surface area (Å²) in [4.78, 5) is 15.2. The van der Waals surface area contributed by atoms with Crippen molar-refractivity contribution in [2.24, 2.45) is 7.05 Å². The van der Waals surface area contributed by atoms with Gasteiger partial charge < -0.3 is 14.4 Å². The smallest absolute Gasteiger partial charge is 0.339 e. The van der Waals surface area contributed by atoms with Crippen LogP contribution in [0.25, 0.3) is 11.0 Å². The summed E-state index contributed by atoms with van der Waals surface area (Å²) in [6.07, 6.45) is 3.14. The first-order chi connectivity index (χ1) is 8.00. The van der Waals surface area contributed by atoms with Gasteiger partial charge in [0.15, 0.2) is 0 Å². The third-order valence-electron chi connectivity index (χ3n) is 2.41. The van der Waals surface area contributed by atoms with Crippen LogP contribution in [-0.4, -0.2) is 26.7 Å². The molecule has 0 atom stereocenters. The summed E-state index contributed by atoms with van der Waals surface area (Å²) in [6.45, 7) is 3.85. The summed E-state index contributed by atoms with van der Waals surface area (Å²) in [5.41, 5.74) is 1.36. The number of hydrogen-bond donors (Lipinski definition) is 1. The minimum absolute atomic E-state index is 0.0313. The minimum atomic E-state index is -0.982. The van der Waals surface area contributed by atoms with E-state index in [2.05, 4.69) is 4.98 Å². The molecule has 1 N–H and O–H groups in total. The number of carbonyl (C=O) groups is 1. The maximum atomic E-state index is 11.1. The first kappa shape index (κ1) is 11.4. The zero-order valence-corrected chi connectivity index (χ0v) is 9.97. The molecule has 17 heavy (non-hydrogen) atoms. The number of nitrogens with zero attached hydrogens (tertiary/aromatic N) is 2. The minimum Gasteiger partial charge on any atom is -0.489 e. The highest BCUT2D eigenvalue weighted by molar-refractivity contribution is 6.03. The maximum absolute atomic E-state index is 11.1. The number of carboxylic acids is 1. The Kier molecular flexibility index (Phi) is 2.75. The third kappa shape index (κ3) is 1.95. The lowest BCUT2D eigenvalue weighted by Gasteiger charge is -2.11. The number of aryl methyl sites for hydroxylation is 1. The van der Waals surface area contributed by atoms with Gasteiger partial charge in [0.1, 0.15) is 22.3 Å². The Morgan fingerprint density at radius 3 is 2.82 bits per heavy atom. The molecule has 2 heterocycles. The van der Waals surface area contributed by atoms with Crippen molar-refractivity contribution in [3.8, 4) is 5.75 Å². The van der Waals surface area contributed by atoms with Gasteiger partial charge in [-0.2, -0.15) is 0 Å². The molecular weight excluding hydrogens is 220 g/mol. The molecule has 0 saturated carbocycles. The number of aromatic nitrogens is 2. The van der Waals surface area contributed by atoms with Gasteiger partial charge in [-0.05, 0) is 13.8 Å². The molecule has 0 aliphatic carbocycles. The molecule has 0 bridgehead atoms. The first-order valence-electron chi connectivity index (χ1n) is 5.34. The summed E-state index contributed by atoms with van der Waals surface area (Å²) in [7, 11) is 1.78. The van der Waals surface area contributed by atoms with Crippen molar-refractivity contribution in [3.63, 3.8) is 0 Å². The van der Waals surface area contributed by atoms with Gasteiger partial charge in [0, 0.05) is 25.5 Å². The van der Waals surface area contributed by atoms with Crippen molar-refractivity contribution in [2.75, 3.05) is 0 Å². The fourth-order valence-corrected chi connectivity index (χ4v) is 1.80. The van der Waals surface area contributed by atoms with Gasteiger partial charge in [-0.15, -0.1) is 0 Å². The third-order valence-corrected chi connectivity index (χ3v) is 2.41. The standard InChI is InChI=1S/C12H14N2O3/c1-7(2)17-9-4-5-13-10-8(12(15)16)6-14(3)11(9)10/h4-7H,1-3H3,(H,15,16). The van der Waals surface area contributed by atoms with E-state index in [0.29, 0.717) is 16.8 Å². The second-order valence-corrected chi connectivity index (χ2v) is 4.13. The number of aromatic carboxylic acids is 1. The normalized spacial score (nSPS) is 11.1. The molecule has 0 radical (unpaired) electrons. The maximum Gasteiger partial charge on any atom is 0.339 e. The van der Waals surface area contributed by atoms with Crippen LogP contribution in [0.2, 0.25) is 0 Å². The molecule has 0 aliphatic rings. The Balaban J connectivity index is 2.68. The zero-order valence-electron chi connectivity index (χ0n) is 9.97. The molecule has 0 unspecified atom stereocenters.